The number of esters is 2. The number of likely N-dealkylation sites (N-methyl/N-ethyl adjacent to an activating group) is 1. The molecule has 0 fully saturated rings. The van der Waals surface area contributed by atoms with Crippen molar-refractivity contribution >= 4 is 18.0 Å². The fourth-order valence-corrected chi connectivity index (χ4v) is 4.38. The van der Waals surface area contributed by atoms with Gasteiger partial charge in [-0.3, -0.25) is 9.59 Å². The van der Waals surface area contributed by atoms with Crippen molar-refractivity contribution in [3.63, 3.8) is 0 Å². The molecule has 8 heteroatoms. The Morgan fingerprint density at radius 1 is 0.600 bits per heavy atom. The van der Waals surface area contributed by atoms with E-state index in [2.05, 4.69) is 19.2 Å². The number of hydrogen-bond acceptors (Lipinski definition) is 7. The second-order valence-electron chi connectivity index (χ2n) is 11.3. The number of rotatable bonds is 28. The maximum atomic E-state index is 12.4. The van der Waals surface area contributed by atoms with E-state index < -0.39 is 12.2 Å². The molecule has 236 valence electrons. The van der Waals surface area contributed by atoms with Crippen LogP contribution in [0.25, 0.3) is 0 Å². The topological polar surface area (TPSA) is 94.2 Å². The van der Waals surface area contributed by atoms with E-state index in [-0.39, 0.29) is 25.2 Å². The molecule has 0 heterocycles. The highest BCUT2D eigenvalue weighted by atomic mass is 16.6. The van der Waals surface area contributed by atoms with E-state index in [1.165, 1.54) is 77.0 Å². The molecule has 0 spiro atoms. The highest BCUT2D eigenvalue weighted by molar-refractivity contribution is 5.70. The predicted molar refractivity (Wildman–Crippen MR) is 162 cm³/mol. The van der Waals surface area contributed by atoms with E-state index >= 15 is 0 Å². The van der Waals surface area contributed by atoms with Crippen LogP contribution in [-0.4, -0.2) is 69.4 Å². The number of carbonyl (C=O) groups is 3. The zero-order chi connectivity index (χ0) is 29.7. The summed E-state index contributed by atoms with van der Waals surface area (Å²) in [6, 6.07) is 0. The van der Waals surface area contributed by atoms with E-state index in [1.54, 1.807) is 0 Å². The van der Waals surface area contributed by atoms with Crippen LogP contribution in [-0.2, 0) is 23.8 Å². The molecule has 0 saturated heterocycles. The van der Waals surface area contributed by atoms with Gasteiger partial charge in [0.25, 0.3) is 0 Å². The summed E-state index contributed by atoms with van der Waals surface area (Å²) in [6.45, 7) is 5.32. The number of carbonyl (C=O) groups excluding carboxylic acids is 3. The summed E-state index contributed by atoms with van der Waals surface area (Å²) in [5.41, 5.74) is 0. The Labute approximate surface area is 245 Å². The molecule has 0 aromatic rings. The molecule has 0 aromatic heterocycles. The van der Waals surface area contributed by atoms with Crippen molar-refractivity contribution in [3.05, 3.63) is 0 Å². The van der Waals surface area contributed by atoms with Crippen LogP contribution in [0, 0.1) is 0 Å². The van der Waals surface area contributed by atoms with Crippen LogP contribution < -0.4 is 5.32 Å². The smallest absolute Gasteiger partial charge is 0.407 e. The molecule has 0 aliphatic rings. The zero-order valence-corrected chi connectivity index (χ0v) is 26.4. The van der Waals surface area contributed by atoms with Crippen molar-refractivity contribution in [2.24, 2.45) is 0 Å². The molecule has 1 atom stereocenters. The summed E-state index contributed by atoms with van der Waals surface area (Å²) < 4.78 is 16.2. The Kier molecular flexibility index (Phi) is 27.4. The second kappa shape index (κ2) is 28.7. The molecular weight excluding hydrogens is 508 g/mol. The second-order valence-corrected chi connectivity index (χ2v) is 11.3. The lowest BCUT2D eigenvalue weighted by Gasteiger charge is -2.18. The van der Waals surface area contributed by atoms with Crippen LogP contribution in [0.15, 0.2) is 0 Å². The first kappa shape index (κ1) is 38.2. The third-order valence-electron chi connectivity index (χ3n) is 6.93. The van der Waals surface area contributed by atoms with Crippen LogP contribution in [0.5, 0.6) is 0 Å². The molecule has 0 bridgehead atoms. The number of unbranched alkanes of at least 4 members (excludes halogenated alkanes) is 16. The van der Waals surface area contributed by atoms with E-state index in [0.717, 1.165) is 38.5 Å². The van der Waals surface area contributed by atoms with Gasteiger partial charge in [0.1, 0.15) is 13.2 Å². The molecule has 0 radical (unpaired) electrons. The molecule has 40 heavy (non-hydrogen) atoms. The quantitative estimate of drug-likeness (QED) is 0.0589. The average Bonchev–Trinajstić information content (AvgIpc) is 2.92. The first-order valence-electron chi connectivity index (χ1n) is 16.3. The van der Waals surface area contributed by atoms with Gasteiger partial charge in [-0.25, -0.2) is 4.79 Å². The Hall–Kier alpha value is -1.83. The maximum absolute atomic E-state index is 12.4. The summed E-state index contributed by atoms with van der Waals surface area (Å²) in [7, 11) is 3.83. The van der Waals surface area contributed by atoms with Crippen molar-refractivity contribution in [2.75, 3.05) is 40.4 Å². The Morgan fingerprint density at radius 2 is 1.02 bits per heavy atom. The average molecular weight is 571 g/mol. The van der Waals surface area contributed by atoms with Crippen LogP contribution in [0.1, 0.15) is 142 Å². The van der Waals surface area contributed by atoms with Crippen molar-refractivity contribution in [1.82, 2.24) is 10.2 Å². The fourth-order valence-electron chi connectivity index (χ4n) is 4.38. The molecular formula is C32H62N2O6. The minimum Gasteiger partial charge on any atom is -0.462 e. The molecule has 1 amide bonds. The van der Waals surface area contributed by atoms with E-state index in [4.69, 9.17) is 14.2 Å². The van der Waals surface area contributed by atoms with E-state index in [1.807, 2.05) is 19.0 Å². The highest BCUT2D eigenvalue weighted by Gasteiger charge is 2.19. The predicted octanol–water partition coefficient (Wildman–Crippen LogP) is 7.57. The number of nitrogens with zero attached hydrogens (tertiary/aromatic N) is 1. The fraction of sp³-hybridized carbons (Fsp3) is 0.906. The molecule has 0 aromatic carbocycles. The first-order chi connectivity index (χ1) is 19.4. The van der Waals surface area contributed by atoms with Crippen molar-refractivity contribution in [3.8, 4) is 0 Å². The first-order valence-corrected chi connectivity index (χ1v) is 16.3. The van der Waals surface area contributed by atoms with Gasteiger partial charge in [-0.2, -0.15) is 0 Å². The van der Waals surface area contributed by atoms with Crippen molar-refractivity contribution in [2.45, 2.75) is 148 Å². The largest absolute Gasteiger partial charge is 0.462 e. The van der Waals surface area contributed by atoms with Gasteiger partial charge in [-0.05, 0) is 26.9 Å². The van der Waals surface area contributed by atoms with Crippen LogP contribution >= 0.6 is 0 Å². The van der Waals surface area contributed by atoms with Gasteiger partial charge in [-0.1, -0.05) is 117 Å². The third-order valence-corrected chi connectivity index (χ3v) is 6.93. The summed E-state index contributed by atoms with van der Waals surface area (Å²) in [6.07, 6.45) is 20.4. The number of hydrogen-bond donors (Lipinski definition) is 1. The minimum atomic E-state index is -0.808. The molecule has 1 unspecified atom stereocenters. The van der Waals surface area contributed by atoms with Gasteiger partial charge < -0.3 is 24.4 Å². The lowest BCUT2D eigenvalue weighted by molar-refractivity contribution is -0.161. The maximum Gasteiger partial charge on any atom is 0.407 e. The molecule has 0 aliphatic carbocycles. The third kappa shape index (κ3) is 27.7. The summed E-state index contributed by atoms with van der Waals surface area (Å²) >= 11 is 0. The van der Waals surface area contributed by atoms with E-state index in [9.17, 15) is 14.4 Å². The monoisotopic (exact) mass is 570 g/mol. The van der Waals surface area contributed by atoms with E-state index in [0.29, 0.717) is 25.9 Å². The number of amides is 1. The molecule has 1 N–H and O–H groups in total. The molecule has 0 aliphatic heterocycles. The van der Waals surface area contributed by atoms with Gasteiger partial charge in [0, 0.05) is 25.9 Å². The van der Waals surface area contributed by atoms with Crippen molar-refractivity contribution < 1.29 is 28.6 Å². The normalized spacial score (nSPS) is 11.8. The zero-order valence-electron chi connectivity index (χ0n) is 26.4. The highest BCUT2D eigenvalue weighted by Crippen LogP contribution is 2.13. The van der Waals surface area contributed by atoms with Crippen LogP contribution in [0.4, 0.5) is 4.79 Å². The molecule has 8 nitrogen and oxygen atoms in total. The lowest BCUT2D eigenvalue weighted by atomic mass is 10.1. The summed E-state index contributed by atoms with van der Waals surface area (Å²) in [4.78, 5) is 38.6. The summed E-state index contributed by atoms with van der Waals surface area (Å²) in [5, 5.41) is 2.66. The Bertz CT molecular complexity index is 614. The van der Waals surface area contributed by atoms with Gasteiger partial charge in [0.2, 0.25) is 0 Å². The Morgan fingerprint density at radius 3 is 1.50 bits per heavy atom. The van der Waals surface area contributed by atoms with Crippen molar-refractivity contribution in [1.29, 1.82) is 0 Å². The number of nitrogens with one attached hydrogen (secondary N) is 1. The standard InChI is InChI=1S/C32H62N2O6/c1-5-7-9-11-13-15-17-19-21-23-30(35)38-27-29(28-39-32(37)33-25-26-34(3)4)40-31(36)24-22-20-18-16-14-12-10-8-6-2/h29H,5-28H2,1-4H3,(H,33,37). The van der Waals surface area contributed by atoms with Gasteiger partial charge >= 0.3 is 18.0 Å². The molecule has 0 rings (SSSR count). The minimum absolute atomic E-state index is 0.106. The van der Waals surface area contributed by atoms with Gasteiger partial charge in [0.05, 0.1) is 0 Å². The van der Waals surface area contributed by atoms with Crippen LogP contribution in [0.2, 0.25) is 0 Å². The Balaban J connectivity index is 4.31. The number of ether oxygens (including phenoxy) is 3. The van der Waals surface area contributed by atoms with Crippen LogP contribution in [0.3, 0.4) is 0 Å². The SMILES string of the molecule is CCCCCCCCCCCC(=O)OCC(COC(=O)NCCN(C)C)OC(=O)CCCCCCCCCCC. The lowest BCUT2D eigenvalue weighted by Crippen LogP contribution is -2.36. The summed E-state index contributed by atoms with van der Waals surface area (Å²) in [5.74, 6) is -0.655. The van der Waals surface area contributed by atoms with Gasteiger partial charge in [0.15, 0.2) is 6.10 Å². The van der Waals surface area contributed by atoms with Gasteiger partial charge in [-0.15, -0.1) is 0 Å². The number of alkyl carbamates (subject to hydrolysis) is 1. The molecule has 0 saturated carbocycles.